The Balaban J connectivity index is 1.57. The van der Waals surface area contributed by atoms with Gasteiger partial charge >= 0.3 is 0 Å². The summed E-state index contributed by atoms with van der Waals surface area (Å²) in [4.78, 5) is 7.16. The van der Waals surface area contributed by atoms with Crippen molar-refractivity contribution >= 4 is 5.95 Å². The van der Waals surface area contributed by atoms with Crippen LogP contribution in [0.5, 0.6) is 0 Å². The molecule has 0 unspecified atom stereocenters. The summed E-state index contributed by atoms with van der Waals surface area (Å²) >= 11 is 0. The molecule has 0 bridgehead atoms. The zero-order chi connectivity index (χ0) is 14.5. The van der Waals surface area contributed by atoms with Crippen molar-refractivity contribution < 1.29 is 0 Å². The number of rotatable bonds is 4. The molecular formula is C16H29N5. The molecule has 3 rings (SSSR count). The highest BCUT2D eigenvalue weighted by molar-refractivity contribution is 5.29. The van der Waals surface area contributed by atoms with E-state index in [4.69, 9.17) is 4.98 Å². The van der Waals surface area contributed by atoms with Crippen LogP contribution in [0, 0.1) is 5.92 Å². The number of hydrogen-bond donors (Lipinski definition) is 2. The lowest BCUT2D eigenvalue weighted by molar-refractivity contribution is 0.391. The van der Waals surface area contributed by atoms with Crippen molar-refractivity contribution in [3.8, 4) is 0 Å². The second-order valence-corrected chi connectivity index (χ2v) is 6.70. The van der Waals surface area contributed by atoms with E-state index in [9.17, 15) is 0 Å². The molecule has 2 N–H and O–H groups in total. The summed E-state index contributed by atoms with van der Waals surface area (Å²) in [6.45, 7) is 3.32. The third-order valence-electron chi connectivity index (χ3n) is 5.12. The van der Waals surface area contributed by atoms with Gasteiger partial charge in [-0.3, -0.25) is 5.10 Å². The number of nitrogens with one attached hydrogen (secondary N) is 2. The van der Waals surface area contributed by atoms with Gasteiger partial charge in [-0.25, -0.2) is 0 Å². The van der Waals surface area contributed by atoms with Crippen molar-refractivity contribution in [2.75, 3.05) is 31.6 Å². The first-order chi connectivity index (χ1) is 10.4. The SMILES string of the molecule is CNCC1CCN(c2n[nH]c(C3CCCCCC3)n2)CC1. The third kappa shape index (κ3) is 3.76. The fourth-order valence-electron chi connectivity index (χ4n) is 3.77. The molecule has 21 heavy (non-hydrogen) atoms. The van der Waals surface area contributed by atoms with E-state index >= 15 is 0 Å². The number of anilines is 1. The van der Waals surface area contributed by atoms with E-state index in [0.29, 0.717) is 5.92 Å². The predicted molar refractivity (Wildman–Crippen MR) is 85.7 cm³/mol. The lowest BCUT2D eigenvalue weighted by Crippen LogP contribution is -2.37. The topological polar surface area (TPSA) is 56.8 Å². The zero-order valence-corrected chi connectivity index (χ0v) is 13.3. The molecular weight excluding hydrogens is 262 g/mol. The fraction of sp³-hybridized carbons (Fsp3) is 0.875. The quantitative estimate of drug-likeness (QED) is 0.837. The van der Waals surface area contributed by atoms with E-state index in [1.165, 1.54) is 51.4 Å². The number of aromatic amines is 1. The average molecular weight is 291 g/mol. The Hall–Kier alpha value is -1.10. The second kappa shape index (κ2) is 7.25. The number of piperidine rings is 1. The number of aromatic nitrogens is 3. The molecule has 1 aromatic rings. The van der Waals surface area contributed by atoms with Gasteiger partial charge in [0.2, 0.25) is 5.95 Å². The molecule has 0 atom stereocenters. The van der Waals surface area contributed by atoms with Crippen LogP contribution in [-0.4, -0.2) is 41.9 Å². The van der Waals surface area contributed by atoms with Crippen LogP contribution in [0.4, 0.5) is 5.95 Å². The Bertz CT molecular complexity index is 414. The Morgan fingerprint density at radius 3 is 2.48 bits per heavy atom. The number of nitrogens with zero attached hydrogens (tertiary/aromatic N) is 3. The standard InChI is InChI=1S/C16H29N5/c1-17-12-13-8-10-21(11-9-13)16-18-15(19-20-16)14-6-4-2-3-5-7-14/h13-14,17H,2-12H2,1H3,(H,18,19,20). The monoisotopic (exact) mass is 291 g/mol. The van der Waals surface area contributed by atoms with Gasteiger partial charge in [-0.15, -0.1) is 5.10 Å². The molecule has 5 nitrogen and oxygen atoms in total. The van der Waals surface area contributed by atoms with Gasteiger partial charge in [0, 0.05) is 19.0 Å². The Morgan fingerprint density at radius 2 is 1.81 bits per heavy atom. The third-order valence-corrected chi connectivity index (χ3v) is 5.12. The zero-order valence-electron chi connectivity index (χ0n) is 13.3. The van der Waals surface area contributed by atoms with E-state index in [0.717, 1.165) is 37.3 Å². The first-order valence-electron chi connectivity index (χ1n) is 8.68. The Morgan fingerprint density at radius 1 is 1.10 bits per heavy atom. The maximum atomic E-state index is 4.81. The van der Waals surface area contributed by atoms with E-state index in [2.05, 4.69) is 20.4 Å². The van der Waals surface area contributed by atoms with Gasteiger partial charge in [0.25, 0.3) is 0 Å². The first kappa shape index (κ1) is 14.8. The summed E-state index contributed by atoms with van der Waals surface area (Å²) in [7, 11) is 2.04. The van der Waals surface area contributed by atoms with Crippen molar-refractivity contribution in [2.24, 2.45) is 5.92 Å². The van der Waals surface area contributed by atoms with Crippen LogP contribution < -0.4 is 10.2 Å². The van der Waals surface area contributed by atoms with Gasteiger partial charge in [0.05, 0.1) is 0 Å². The maximum Gasteiger partial charge on any atom is 0.244 e. The van der Waals surface area contributed by atoms with Crippen LogP contribution >= 0.6 is 0 Å². The Labute approximate surface area is 127 Å². The number of H-pyrrole nitrogens is 1. The molecule has 1 aliphatic heterocycles. The highest BCUT2D eigenvalue weighted by atomic mass is 15.4. The highest BCUT2D eigenvalue weighted by Gasteiger charge is 2.23. The van der Waals surface area contributed by atoms with E-state index in [1.807, 2.05) is 7.05 Å². The van der Waals surface area contributed by atoms with Crippen molar-refractivity contribution in [1.82, 2.24) is 20.5 Å². The van der Waals surface area contributed by atoms with E-state index in [1.54, 1.807) is 0 Å². The largest absolute Gasteiger partial charge is 0.340 e. The van der Waals surface area contributed by atoms with E-state index in [-0.39, 0.29) is 0 Å². The second-order valence-electron chi connectivity index (χ2n) is 6.70. The minimum atomic E-state index is 0.607. The van der Waals surface area contributed by atoms with Crippen LogP contribution in [0.25, 0.3) is 0 Å². The summed E-state index contributed by atoms with van der Waals surface area (Å²) in [5.41, 5.74) is 0. The van der Waals surface area contributed by atoms with Crippen LogP contribution in [0.15, 0.2) is 0 Å². The molecule has 5 heteroatoms. The van der Waals surface area contributed by atoms with Gasteiger partial charge in [0.1, 0.15) is 5.82 Å². The molecule has 1 saturated carbocycles. The minimum Gasteiger partial charge on any atom is -0.340 e. The molecule has 0 radical (unpaired) electrons. The van der Waals surface area contributed by atoms with Crippen molar-refractivity contribution in [2.45, 2.75) is 57.3 Å². The summed E-state index contributed by atoms with van der Waals surface area (Å²) in [6.07, 6.45) is 10.5. The molecule has 0 spiro atoms. The summed E-state index contributed by atoms with van der Waals surface area (Å²) in [6, 6.07) is 0. The lowest BCUT2D eigenvalue weighted by Gasteiger charge is -2.31. The number of hydrogen-bond acceptors (Lipinski definition) is 4. The molecule has 0 aromatic carbocycles. The first-order valence-corrected chi connectivity index (χ1v) is 8.68. The highest BCUT2D eigenvalue weighted by Crippen LogP contribution is 2.30. The molecule has 0 amide bonds. The predicted octanol–water partition coefficient (Wildman–Crippen LogP) is 2.68. The van der Waals surface area contributed by atoms with Gasteiger partial charge in [-0.1, -0.05) is 25.7 Å². The molecule has 1 saturated heterocycles. The molecule has 1 aliphatic carbocycles. The molecule has 118 valence electrons. The summed E-state index contributed by atoms with van der Waals surface area (Å²) in [5.74, 6) is 3.48. The van der Waals surface area contributed by atoms with Crippen molar-refractivity contribution in [1.29, 1.82) is 0 Å². The lowest BCUT2D eigenvalue weighted by atomic mass is 9.97. The fourth-order valence-corrected chi connectivity index (χ4v) is 3.77. The Kier molecular flexibility index (Phi) is 5.12. The molecule has 2 heterocycles. The van der Waals surface area contributed by atoms with Crippen molar-refractivity contribution in [3.05, 3.63) is 5.82 Å². The van der Waals surface area contributed by atoms with Crippen molar-refractivity contribution in [3.63, 3.8) is 0 Å². The van der Waals surface area contributed by atoms with Crippen LogP contribution in [-0.2, 0) is 0 Å². The van der Waals surface area contributed by atoms with Gasteiger partial charge < -0.3 is 10.2 Å². The molecule has 1 aromatic heterocycles. The van der Waals surface area contributed by atoms with Crippen LogP contribution in [0.2, 0.25) is 0 Å². The van der Waals surface area contributed by atoms with Crippen LogP contribution in [0.3, 0.4) is 0 Å². The normalized spacial score (nSPS) is 22.4. The smallest absolute Gasteiger partial charge is 0.244 e. The average Bonchev–Trinajstić information content (AvgIpc) is 2.84. The maximum absolute atomic E-state index is 4.81. The van der Waals surface area contributed by atoms with Crippen LogP contribution in [0.1, 0.15) is 63.1 Å². The van der Waals surface area contributed by atoms with Gasteiger partial charge in [-0.2, -0.15) is 4.98 Å². The molecule has 2 aliphatic rings. The summed E-state index contributed by atoms with van der Waals surface area (Å²) in [5, 5.41) is 11.0. The van der Waals surface area contributed by atoms with Gasteiger partial charge in [0.15, 0.2) is 0 Å². The minimum absolute atomic E-state index is 0.607. The summed E-state index contributed by atoms with van der Waals surface area (Å²) < 4.78 is 0. The van der Waals surface area contributed by atoms with Gasteiger partial charge in [-0.05, 0) is 45.2 Å². The molecule has 2 fully saturated rings. The van der Waals surface area contributed by atoms with E-state index < -0.39 is 0 Å².